The molecular weight excluding hydrogens is 390 g/mol. The predicted octanol–water partition coefficient (Wildman–Crippen LogP) is 3.79. The highest BCUT2D eigenvalue weighted by Crippen LogP contribution is 2.34. The Kier molecular flexibility index (Phi) is 4.79. The van der Waals surface area contributed by atoms with Gasteiger partial charge in [0.05, 0.1) is 5.71 Å². The Morgan fingerprint density at radius 3 is 3.07 bits per heavy atom. The number of fused-ring (bicyclic) bond motifs is 2. The van der Waals surface area contributed by atoms with Gasteiger partial charge in [-0.2, -0.15) is 4.98 Å². The number of hydrogen-bond acceptors (Lipinski definition) is 7. The molecule has 3 aromatic heterocycles. The van der Waals surface area contributed by atoms with E-state index in [-0.39, 0.29) is 17.3 Å². The SMILES string of the molecule is O=c1cc(CCCC2CC2)c2c(=O)[nH]c(ON=C3CCCc4sccc43)nc2o1. The third-order valence-corrected chi connectivity index (χ3v) is 6.53. The molecule has 1 N–H and O–H groups in total. The lowest BCUT2D eigenvalue weighted by atomic mass is 9.97. The van der Waals surface area contributed by atoms with Crippen molar-refractivity contribution in [1.29, 1.82) is 0 Å². The van der Waals surface area contributed by atoms with Crippen LogP contribution in [-0.4, -0.2) is 15.7 Å². The molecule has 0 spiro atoms. The molecule has 0 amide bonds. The summed E-state index contributed by atoms with van der Waals surface area (Å²) >= 11 is 1.71. The zero-order valence-electron chi connectivity index (χ0n) is 15.9. The zero-order chi connectivity index (χ0) is 19.8. The first kappa shape index (κ1) is 18.3. The fraction of sp³-hybridized carbons (Fsp3) is 0.429. The van der Waals surface area contributed by atoms with Gasteiger partial charge in [-0.05, 0) is 55.0 Å². The molecule has 29 heavy (non-hydrogen) atoms. The van der Waals surface area contributed by atoms with Crippen LogP contribution in [0.15, 0.2) is 36.7 Å². The molecule has 0 atom stereocenters. The third kappa shape index (κ3) is 3.89. The minimum Gasteiger partial charge on any atom is -0.403 e. The number of H-pyrrole nitrogens is 1. The van der Waals surface area contributed by atoms with Gasteiger partial charge < -0.3 is 9.25 Å². The van der Waals surface area contributed by atoms with E-state index < -0.39 is 5.63 Å². The van der Waals surface area contributed by atoms with Crippen molar-refractivity contribution in [1.82, 2.24) is 9.97 Å². The minimum absolute atomic E-state index is 0.00209. The van der Waals surface area contributed by atoms with Crippen molar-refractivity contribution in [2.75, 3.05) is 0 Å². The van der Waals surface area contributed by atoms with Crippen LogP contribution in [0.3, 0.4) is 0 Å². The van der Waals surface area contributed by atoms with Crippen LogP contribution in [0.1, 0.15) is 54.5 Å². The molecule has 0 aromatic carbocycles. The Labute approximate surface area is 170 Å². The summed E-state index contributed by atoms with van der Waals surface area (Å²) in [5.41, 5.74) is 1.72. The maximum absolute atomic E-state index is 12.7. The van der Waals surface area contributed by atoms with Gasteiger partial charge in [0, 0.05) is 16.5 Å². The van der Waals surface area contributed by atoms with E-state index in [4.69, 9.17) is 9.25 Å². The van der Waals surface area contributed by atoms with Crippen molar-refractivity contribution in [2.45, 2.75) is 51.4 Å². The summed E-state index contributed by atoms with van der Waals surface area (Å²) in [6.07, 6.45) is 8.16. The van der Waals surface area contributed by atoms with Gasteiger partial charge in [0.2, 0.25) is 5.71 Å². The number of aryl methyl sites for hydroxylation is 2. The van der Waals surface area contributed by atoms with Crippen molar-refractivity contribution in [2.24, 2.45) is 11.1 Å². The molecule has 3 heterocycles. The molecule has 7 nitrogen and oxygen atoms in total. The molecule has 1 saturated carbocycles. The van der Waals surface area contributed by atoms with E-state index in [2.05, 4.69) is 15.1 Å². The molecule has 1 fully saturated rings. The number of nitrogens with one attached hydrogen (secondary N) is 1. The lowest BCUT2D eigenvalue weighted by molar-refractivity contribution is 0.310. The van der Waals surface area contributed by atoms with Gasteiger partial charge in [0.15, 0.2) is 0 Å². The normalized spacial score (nSPS) is 17.6. The molecule has 0 saturated heterocycles. The topological polar surface area (TPSA) is 97.5 Å². The van der Waals surface area contributed by atoms with E-state index >= 15 is 0 Å². The van der Waals surface area contributed by atoms with Crippen molar-refractivity contribution in [3.63, 3.8) is 0 Å². The van der Waals surface area contributed by atoms with Crippen LogP contribution in [0.4, 0.5) is 0 Å². The molecule has 0 unspecified atom stereocenters. The number of rotatable bonds is 6. The molecule has 150 valence electrons. The van der Waals surface area contributed by atoms with Crippen LogP contribution in [0.2, 0.25) is 0 Å². The van der Waals surface area contributed by atoms with Crippen LogP contribution in [0.5, 0.6) is 6.01 Å². The van der Waals surface area contributed by atoms with Gasteiger partial charge in [-0.1, -0.05) is 24.4 Å². The molecule has 8 heteroatoms. The largest absolute Gasteiger partial charge is 0.403 e. The standard InChI is InChI=1S/C21H21N3O4S/c25-17-11-13(4-1-3-12-7-8-12)18-19(26)22-21(23-20(18)27-17)28-24-15-5-2-6-16-14(15)9-10-29-16/h9-12H,1-8H2,(H,22,23,26). The number of hydrogen-bond donors (Lipinski definition) is 1. The van der Waals surface area contributed by atoms with Gasteiger partial charge in [0.1, 0.15) is 5.39 Å². The average Bonchev–Trinajstić information content (AvgIpc) is 3.39. The number of thiophene rings is 1. The van der Waals surface area contributed by atoms with E-state index in [1.807, 2.05) is 11.4 Å². The van der Waals surface area contributed by atoms with Crippen LogP contribution < -0.4 is 16.0 Å². The monoisotopic (exact) mass is 411 g/mol. The van der Waals surface area contributed by atoms with Crippen LogP contribution in [0, 0.1) is 5.92 Å². The predicted molar refractivity (Wildman–Crippen MR) is 111 cm³/mol. The summed E-state index contributed by atoms with van der Waals surface area (Å²) in [6, 6.07) is 3.35. The second-order valence-electron chi connectivity index (χ2n) is 7.72. The smallest absolute Gasteiger partial charge is 0.337 e. The van der Waals surface area contributed by atoms with E-state index in [1.165, 1.54) is 23.8 Å². The molecule has 2 aliphatic rings. The lowest BCUT2D eigenvalue weighted by Gasteiger charge is -2.12. The maximum atomic E-state index is 12.7. The van der Waals surface area contributed by atoms with Crippen LogP contribution >= 0.6 is 11.3 Å². The second kappa shape index (κ2) is 7.59. The Hall–Kier alpha value is -2.74. The average molecular weight is 411 g/mol. The van der Waals surface area contributed by atoms with E-state index in [0.29, 0.717) is 17.4 Å². The van der Waals surface area contributed by atoms with Crippen LogP contribution in [0.25, 0.3) is 11.1 Å². The number of aromatic amines is 1. The van der Waals surface area contributed by atoms with Gasteiger partial charge in [-0.25, -0.2) is 4.79 Å². The van der Waals surface area contributed by atoms with E-state index in [0.717, 1.165) is 49.3 Å². The third-order valence-electron chi connectivity index (χ3n) is 5.55. The summed E-state index contributed by atoms with van der Waals surface area (Å²) in [5, 5.41) is 6.57. The van der Waals surface area contributed by atoms with Crippen LogP contribution in [-0.2, 0) is 12.8 Å². The second-order valence-corrected chi connectivity index (χ2v) is 8.72. The van der Waals surface area contributed by atoms with E-state index in [9.17, 15) is 9.59 Å². The molecule has 0 bridgehead atoms. The highest BCUT2D eigenvalue weighted by Gasteiger charge is 2.21. The Morgan fingerprint density at radius 2 is 2.21 bits per heavy atom. The summed E-state index contributed by atoms with van der Waals surface area (Å²) < 4.78 is 5.19. The molecule has 3 aromatic rings. The van der Waals surface area contributed by atoms with Crippen molar-refractivity contribution >= 4 is 28.1 Å². The van der Waals surface area contributed by atoms with Crippen molar-refractivity contribution in [3.8, 4) is 6.01 Å². The van der Waals surface area contributed by atoms with Crippen molar-refractivity contribution in [3.05, 3.63) is 54.3 Å². The first-order chi connectivity index (χ1) is 14.2. The Balaban J connectivity index is 1.43. The van der Waals surface area contributed by atoms with Crippen molar-refractivity contribution < 1.29 is 9.25 Å². The van der Waals surface area contributed by atoms with Gasteiger partial charge in [-0.15, -0.1) is 11.3 Å². The molecule has 0 radical (unpaired) electrons. The minimum atomic E-state index is -0.510. The highest BCUT2D eigenvalue weighted by molar-refractivity contribution is 7.10. The first-order valence-electron chi connectivity index (χ1n) is 10.0. The summed E-state index contributed by atoms with van der Waals surface area (Å²) in [7, 11) is 0. The fourth-order valence-electron chi connectivity index (χ4n) is 3.89. The Morgan fingerprint density at radius 1 is 1.31 bits per heavy atom. The molecular formula is C21H21N3O4S. The number of oxime groups is 1. The highest BCUT2D eigenvalue weighted by atomic mass is 32.1. The van der Waals surface area contributed by atoms with E-state index in [1.54, 1.807) is 11.3 Å². The van der Waals surface area contributed by atoms with Gasteiger partial charge in [0.25, 0.3) is 5.56 Å². The summed E-state index contributed by atoms with van der Waals surface area (Å²) in [6.45, 7) is 0. The maximum Gasteiger partial charge on any atom is 0.337 e. The van der Waals surface area contributed by atoms with Gasteiger partial charge in [-0.3, -0.25) is 9.78 Å². The number of aromatic nitrogens is 2. The van der Waals surface area contributed by atoms with Gasteiger partial charge >= 0.3 is 11.6 Å². The zero-order valence-corrected chi connectivity index (χ0v) is 16.7. The molecule has 5 rings (SSSR count). The fourth-order valence-corrected chi connectivity index (χ4v) is 4.84. The summed E-state index contributed by atoms with van der Waals surface area (Å²) in [5.74, 6) is 0.806. The first-order valence-corrected chi connectivity index (χ1v) is 10.9. The quantitative estimate of drug-likeness (QED) is 0.623. The molecule has 2 aliphatic carbocycles. The summed E-state index contributed by atoms with van der Waals surface area (Å²) in [4.78, 5) is 38.2. The lowest BCUT2D eigenvalue weighted by Crippen LogP contribution is -2.15. The Bertz CT molecular complexity index is 1200. The molecule has 0 aliphatic heterocycles. The number of nitrogens with zero attached hydrogens (tertiary/aromatic N) is 2.